The van der Waals surface area contributed by atoms with Crippen LogP contribution in [0.25, 0.3) is 6.08 Å². The SMILES string of the molecule is CC1=Cc2ccccc2C1c1ccccc1B1OC(C)(C)C(C)(C)O1. The van der Waals surface area contributed by atoms with Crippen molar-refractivity contribution in [3.05, 3.63) is 70.8 Å². The van der Waals surface area contributed by atoms with Crippen LogP contribution in [-0.2, 0) is 9.31 Å². The van der Waals surface area contributed by atoms with Crippen LogP contribution in [0.3, 0.4) is 0 Å². The predicted molar refractivity (Wildman–Crippen MR) is 104 cm³/mol. The van der Waals surface area contributed by atoms with Crippen molar-refractivity contribution in [1.82, 2.24) is 0 Å². The highest BCUT2D eigenvalue weighted by molar-refractivity contribution is 6.62. The van der Waals surface area contributed by atoms with E-state index in [0.717, 1.165) is 5.46 Å². The molecule has 1 fully saturated rings. The van der Waals surface area contributed by atoms with Crippen molar-refractivity contribution in [1.29, 1.82) is 0 Å². The van der Waals surface area contributed by atoms with Crippen LogP contribution in [0.15, 0.2) is 54.1 Å². The summed E-state index contributed by atoms with van der Waals surface area (Å²) in [5, 5.41) is 0. The molecule has 1 saturated heterocycles. The second-order valence-electron chi connectivity index (χ2n) is 8.17. The molecule has 0 N–H and O–H groups in total. The van der Waals surface area contributed by atoms with Gasteiger partial charge in [0.2, 0.25) is 0 Å². The van der Waals surface area contributed by atoms with Crippen molar-refractivity contribution < 1.29 is 9.31 Å². The topological polar surface area (TPSA) is 18.5 Å². The Balaban J connectivity index is 1.79. The largest absolute Gasteiger partial charge is 0.495 e. The Hall–Kier alpha value is -1.84. The van der Waals surface area contributed by atoms with Crippen molar-refractivity contribution in [3.8, 4) is 0 Å². The summed E-state index contributed by atoms with van der Waals surface area (Å²) in [6.45, 7) is 10.6. The average Bonchev–Trinajstić information content (AvgIpc) is 2.99. The van der Waals surface area contributed by atoms with Crippen molar-refractivity contribution in [2.75, 3.05) is 0 Å². The summed E-state index contributed by atoms with van der Waals surface area (Å²) in [5.74, 6) is 0.270. The lowest BCUT2D eigenvalue weighted by Gasteiger charge is -2.32. The standard InChI is InChI=1S/C22H25BO2/c1-15-14-16-10-6-7-11-17(16)20(15)18-12-8-9-13-19(18)23-24-21(2,3)22(4,5)25-23/h6-14,20H,1-5H3. The number of rotatable bonds is 2. The van der Waals surface area contributed by atoms with E-state index in [1.807, 2.05) is 0 Å². The molecule has 1 heterocycles. The molecule has 0 bridgehead atoms. The van der Waals surface area contributed by atoms with Gasteiger partial charge in [0.1, 0.15) is 0 Å². The lowest BCUT2D eigenvalue weighted by molar-refractivity contribution is 0.00578. The van der Waals surface area contributed by atoms with Crippen LogP contribution >= 0.6 is 0 Å². The molecule has 2 nitrogen and oxygen atoms in total. The molecule has 128 valence electrons. The van der Waals surface area contributed by atoms with Gasteiger partial charge in [-0.25, -0.2) is 0 Å². The van der Waals surface area contributed by atoms with Gasteiger partial charge in [-0.3, -0.25) is 0 Å². The van der Waals surface area contributed by atoms with Gasteiger partial charge >= 0.3 is 7.12 Å². The van der Waals surface area contributed by atoms with Crippen LogP contribution in [0.5, 0.6) is 0 Å². The third kappa shape index (κ3) is 2.57. The molecule has 2 aliphatic rings. The highest BCUT2D eigenvalue weighted by atomic mass is 16.7. The molecule has 0 aromatic heterocycles. The molecule has 0 saturated carbocycles. The predicted octanol–water partition coefficient (Wildman–Crippen LogP) is 4.53. The van der Waals surface area contributed by atoms with Crippen LogP contribution in [0.2, 0.25) is 0 Å². The zero-order valence-electron chi connectivity index (χ0n) is 15.7. The van der Waals surface area contributed by atoms with E-state index in [0.29, 0.717) is 0 Å². The Morgan fingerprint density at radius 3 is 2.04 bits per heavy atom. The number of benzene rings is 2. The van der Waals surface area contributed by atoms with Gasteiger partial charge in [0, 0.05) is 5.92 Å². The highest BCUT2D eigenvalue weighted by Gasteiger charge is 2.52. The van der Waals surface area contributed by atoms with Gasteiger partial charge in [-0.1, -0.05) is 60.2 Å². The third-order valence-corrected chi connectivity index (χ3v) is 5.96. The summed E-state index contributed by atoms with van der Waals surface area (Å²) < 4.78 is 12.7. The third-order valence-electron chi connectivity index (χ3n) is 5.96. The Kier molecular flexibility index (Phi) is 3.71. The summed E-state index contributed by atoms with van der Waals surface area (Å²) in [5.41, 5.74) is 5.80. The number of hydrogen-bond donors (Lipinski definition) is 0. The van der Waals surface area contributed by atoms with E-state index in [1.165, 1.54) is 22.3 Å². The molecular formula is C22H25BO2. The van der Waals surface area contributed by atoms with Gasteiger partial charge in [-0.2, -0.15) is 0 Å². The summed E-state index contributed by atoms with van der Waals surface area (Å²) in [6, 6.07) is 17.2. The highest BCUT2D eigenvalue weighted by Crippen LogP contribution is 2.42. The first-order chi connectivity index (χ1) is 11.8. The van der Waals surface area contributed by atoms with Crippen LogP contribution in [-0.4, -0.2) is 18.3 Å². The van der Waals surface area contributed by atoms with Crippen LogP contribution in [0.1, 0.15) is 57.2 Å². The van der Waals surface area contributed by atoms with Crippen molar-refractivity contribution in [3.63, 3.8) is 0 Å². The minimum Gasteiger partial charge on any atom is -0.399 e. The second-order valence-corrected chi connectivity index (χ2v) is 8.17. The smallest absolute Gasteiger partial charge is 0.399 e. The van der Waals surface area contributed by atoms with Crippen molar-refractivity contribution in [2.24, 2.45) is 0 Å². The molecule has 2 aromatic carbocycles. The Bertz CT molecular complexity index is 835. The fraction of sp³-hybridized carbons (Fsp3) is 0.364. The quantitative estimate of drug-likeness (QED) is 0.752. The minimum absolute atomic E-state index is 0.270. The number of fused-ring (bicyclic) bond motifs is 1. The fourth-order valence-corrected chi connectivity index (χ4v) is 3.85. The van der Waals surface area contributed by atoms with E-state index in [9.17, 15) is 0 Å². The zero-order valence-corrected chi connectivity index (χ0v) is 15.7. The lowest BCUT2D eigenvalue weighted by atomic mass is 9.71. The summed E-state index contributed by atoms with van der Waals surface area (Å²) >= 11 is 0. The molecule has 0 spiro atoms. The average molecular weight is 332 g/mol. The first-order valence-corrected chi connectivity index (χ1v) is 9.02. The lowest BCUT2D eigenvalue weighted by Crippen LogP contribution is -2.41. The number of hydrogen-bond acceptors (Lipinski definition) is 2. The molecule has 4 rings (SSSR count). The van der Waals surface area contributed by atoms with E-state index >= 15 is 0 Å². The zero-order chi connectivity index (χ0) is 17.8. The Morgan fingerprint density at radius 2 is 1.36 bits per heavy atom. The normalized spacial score (nSPS) is 23.5. The van der Waals surface area contributed by atoms with Crippen LogP contribution < -0.4 is 5.46 Å². The summed E-state index contributed by atoms with van der Waals surface area (Å²) in [7, 11) is -0.332. The maximum atomic E-state index is 6.33. The Morgan fingerprint density at radius 1 is 0.800 bits per heavy atom. The van der Waals surface area contributed by atoms with E-state index in [-0.39, 0.29) is 24.2 Å². The molecule has 1 aliphatic heterocycles. The van der Waals surface area contributed by atoms with Crippen molar-refractivity contribution in [2.45, 2.75) is 51.7 Å². The van der Waals surface area contributed by atoms with Gasteiger partial charge < -0.3 is 9.31 Å². The first-order valence-electron chi connectivity index (χ1n) is 9.02. The fourth-order valence-electron chi connectivity index (χ4n) is 3.85. The van der Waals surface area contributed by atoms with Crippen molar-refractivity contribution >= 4 is 18.7 Å². The maximum Gasteiger partial charge on any atom is 0.495 e. The monoisotopic (exact) mass is 332 g/mol. The first kappa shape index (κ1) is 16.6. The molecule has 1 atom stereocenters. The number of allylic oxidation sites excluding steroid dienone is 1. The van der Waals surface area contributed by atoms with Gasteiger partial charge in [0.15, 0.2) is 0 Å². The molecule has 0 radical (unpaired) electrons. The summed E-state index contributed by atoms with van der Waals surface area (Å²) in [4.78, 5) is 0. The molecular weight excluding hydrogens is 307 g/mol. The molecule has 1 unspecified atom stereocenters. The van der Waals surface area contributed by atoms with E-state index in [4.69, 9.17) is 9.31 Å². The van der Waals surface area contributed by atoms with E-state index < -0.39 is 0 Å². The van der Waals surface area contributed by atoms with Gasteiger partial charge in [-0.15, -0.1) is 0 Å². The van der Waals surface area contributed by atoms with E-state index in [2.05, 4.69) is 89.2 Å². The maximum absolute atomic E-state index is 6.33. The molecule has 2 aromatic rings. The minimum atomic E-state index is -0.332. The molecule has 0 amide bonds. The van der Waals surface area contributed by atoms with Crippen LogP contribution in [0, 0.1) is 0 Å². The van der Waals surface area contributed by atoms with E-state index in [1.54, 1.807) is 0 Å². The van der Waals surface area contributed by atoms with Gasteiger partial charge in [-0.05, 0) is 56.8 Å². The van der Waals surface area contributed by atoms with Crippen LogP contribution in [0.4, 0.5) is 0 Å². The molecule has 25 heavy (non-hydrogen) atoms. The Labute approximate surface area is 151 Å². The molecule has 1 aliphatic carbocycles. The van der Waals surface area contributed by atoms with Gasteiger partial charge in [0.25, 0.3) is 0 Å². The molecule has 3 heteroatoms. The summed E-state index contributed by atoms with van der Waals surface area (Å²) in [6.07, 6.45) is 2.29. The van der Waals surface area contributed by atoms with Gasteiger partial charge in [0.05, 0.1) is 11.2 Å². The second kappa shape index (κ2) is 5.58.